The van der Waals surface area contributed by atoms with Crippen molar-refractivity contribution in [2.45, 2.75) is 39.0 Å². The first-order valence-electron chi connectivity index (χ1n) is 8.99. The lowest BCUT2D eigenvalue weighted by atomic mass is 10.2. The lowest BCUT2D eigenvalue weighted by Crippen LogP contribution is -2.39. The molecule has 1 aliphatic heterocycles. The van der Waals surface area contributed by atoms with Crippen molar-refractivity contribution < 1.29 is 9.53 Å². The summed E-state index contributed by atoms with van der Waals surface area (Å²) in [5.74, 6) is -0.0283. The zero-order valence-corrected chi connectivity index (χ0v) is 16.0. The SMILES string of the molecule is CC(C)n1cc(CN2Cc3ccnn3[C@@H](COCC(=O)N(C)C)C2)cn1. The predicted octanol–water partition coefficient (Wildman–Crippen LogP) is 1.32. The van der Waals surface area contributed by atoms with Crippen LogP contribution in [0.2, 0.25) is 0 Å². The molecule has 3 rings (SSSR count). The van der Waals surface area contributed by atoms with Gasteiger partial charge in [-0.05, 0) is 19.9 Å². The van der Waals surface area contributed by atoms with Crippen LogP contribution in [0.15, 0.2) is 24.7 Å². The number of hydrogen-bond acceptors (Lipinski definition) is 5. The zero-order chi connectivity index (χ0) is 18.7. The topological polar surface area (TPSA) is 68.4 Å². The van der Waals surface area contributed by atoms with E-state index >= 15 is 0 Å². The Morgan fingerprint density at radius 3 is 2.88 bits per heavy atom. The van der Waals surface area contributed by atoms with Crippen molar-refractivity contribution in [3.63, 3.8) is 0 Å². The first-order valence-corrected chi connectivity index (χ1v) is 8.99. The van der Waals surface area contributed by atoms with Gasteiger partial charge in [0.2, 0.25) is 5.91 Å². The maximum Gasteiger partial charge on any atom is 0.248 e. The number of amides is 1. The van der Waals surface area contributed by atoms with Gasteiger partial charge < -0.3 is 9.64 Å². The minimum atomic E-state index is -0.0283. The van der Waals surface area contributed by atoms with E-state index in [9.17, 15) is 4.79 Å². The summed E-state index contributed by atoms with van der Waals surface area (Å²) in [6.45, 7) is 7.33. The predicted molar refractivity (Wildman–Crippen MR) is 97.5 cm³/mol. The molecule has 0 bridgehead atoms. The van der Waals surface area contributed by atoms with Crippen LogP contribution in [0, 0.1) is 0 Å². The van der Waals surface area contributed by atoms with E-state index in [2.05, 4.69) is 35.1 Å². The first kappa shape index (κ1) is 18.6. The number of fused-ring (bicyclic) bond motifs is 1. The molecule has 0 N–H and O–H groups in total. The highest BCUT2D eigenvalue weighted by Gasteiger charge is 2.26. The normalized spacial score (nSPS) is 17.5. The lowest BCUT2D eigenvalue weighted by molar-refractivity contribution is -0.134. The molecule has 26 heavy (non-hydrogen) atoms. The average Bonchev–Trinajstić information content (AvgIpc) is 3.23. The molecule has 3 heterocycles. The van der Waals surface area contributed by atoms with E-state index in [0.717, 1.165) is 19.6 Å². The fraction of sp³-hybridized carbons (Fsp3) is 0.611. The van der Waals surface area contributed by atoms with Gasteiger partial charge in [-0.2, -0.15) is 10.2 Å². The highest BCUT2D eigenvalue weighted by Crippen LogP contribution is 2.22. The summed E-state index contributed by atoms with van der Waals surface area (Å²) in [5, 5.41) is 8.86. The van der Waals surface area contributed by atoms with Gasteiger partial charge >= 0.3 is 0 Å². The number of nitrogens with zero attached hydrogens (tertiary/aromatic N) is 6. The summed E-state index contributed by atoms with van der Waals surface area (Å²) in [7, 11) is 3.47. The Hall–Kier alpha value is -2.19. The third-order valence-electron chi connectivity index (χ3n) is 4.58. The van der Waals surface area contributed by atoms with Crippen LogP contribution in [0.3, 0.4) is 0 Å². The summed E-state index contributed by atoms with van der Waals surface area (Å²) in [6.07, 6.45) is 5.87. The van der Waals surface area contributed by atoms with E-state index in [-0.39, 0.29) is 18.6 Å². The molecule has 1 amide bonds. The van der Waals surface area contributed by atoms with Gasteiger partial charge in [0.25, 0.3) is 0 Å². The van der Waals surface area contributed by atoms with Crippen LogP contribution >= 0.6 is 0 Å². The van der Waals surface area contributed by atoms with Crippen molar-refractivity contribution in [2.24, 2.45) is 0 Å². The highest BCUT2D eigenvalue weighted by atomic mass is 16.5. The fourth-order valence-electron chi connectivity index (χ4n) is 3.12. The van der Waals surface area contributed by atoms with Crippen molar-refractivity contribution in [1.29, 1.82) is 0 Å². The molecule has 0 fully saturated rings. The molecule has 1 atom stereocenters. The number of hydrogen-bond donors (Lipinski definition) is 0. The number of rotatable bonds is 7. The molecule has 0 aliphatic carbocycles. The van der Waals surface area contributed by atoms with Gasteiger partial charge in [0.15, 0.2) is 0 Å². The minimum absolute atomic E-state index is 0.0283. The fourth-order valence-corrected chi connectivity index (χ4v) is 3.12. The molecule has 0 aromatic carbocycles. The molecule has 0 unspecified atom stereocenters. The number of carbonyl (C=O) groups excluding carboxylic acids is 1. The van der Waals surface area contributed by atoms with Crippen LogP contribution in [-0.4, -0.2) is 69.1 Å². The Kier molecular flexibility index (Phi) is 5.73. The Morgan fingerprint density at radius 2 is 2.19 bits per heavy atom. The summed E-state index contributed by atoms with van der Waals surface area (Å²) in [6, 6.07) is 2.51. The van der Waals surface area contributed by atoms with Crippen LogP contribution in [0.1, 0.15) is 37.2 Å². The van der Waals surface area contributed by atoms with Crippen LogP contribution in [0.4, 0.5) is 0 Å². The molecule has 0 saturated carbocycles. The molecule has 142 valence electrons. The lowest BCUT2D eigenvalue weighted by Gasteiger charge is -2.33. The molecular weight excluding hydrogens is 332 g/mol. The Balaban J connectivity index is 1.62. The molecule has 8 heteroatoms. The first-order chi connectivity index (χ1) is 12.4. The monoisotopic (exact) mass is 360 g/mol. The summed E-state index contributed by atoms with van der Waals surface area (Å²) < 4.78 is 9.67. The maximum absolute atomic E-state index is 11.7. The van der Waals surface area contributed by atoms with Gasteiger partial charge in [-0.1, -0.05) is 0 Å². The van der Waals surface area contributed by atoms with Gasteiger partial charge in [0.05, 0.1) is 24.5 Å². The van der Waals surface area contributed by atoms with E-state index in [1.165, 1.54) is 11.3 Å². The summed E-state index contributed by atoms with van der Waals surface area (Å²) in [4.78, 5) is 15.6. The van der Waals surface area contributed by atoms with E-state index in [0.29, 0.717) is 12.6 Å². The second-order valence-corrected chi connectivity index (χ2v) is 7.32. The number of likely N-dealkylation sites (N-methyl/N-ethyl adjacent to an activating group) is 1. The number of ether oxygens (including phenoxy) is 1. The van der Waals surface area contributed by atoms with E-state index in [1.807, 2.05) is 27.8 Å². The highest BCUT2D eigenvalue weighted by molar-refractivity contribution is 5.76. The van der Waals surface area contributed by atoms with E-state index in [4.69, 9.17) is 4.74 Å². The van der Waals surface area contributed by atoms with Crippen molar-refractivity contribution in [1.82, 2.24) is 29.4 Å². The molecule has 1 aliphatic rings. The average molecular weight is 360 g/mol. The van der Waals surface area contributed by atoms with Crippen LogP contribution < -0.4 is 0 Å². The molecule has 0 spiro atoms. The molecule has 2 aromatic rings. The van der Waals surface area contributed by atoms with Crippen LogP contribution in [0.5, 0.6) is 0 Å². The van der Waals surface area contributed by atoms with Crippen molar-refractivity contribution >= 4 is 5.91 Å². The quantitative estimate of drug-likeness (QED) is 0.745. The number of carbonyl (C=O) groups is 1. The maximum atomic E-state index is 11.7. The zero-order valence-electron chi connectivity index (χ0n) is 16.0. The largest absolute Gasteiger partial charge is 0.369 e. The van der Waals surface area contributed by atoms with Crippen molar-refractivity contribution in [3.05, 3.63) is 35.9 Å². The van der Waals surface area contributed by atoms with Crippen molar-refractivity contribution in [2.75, 3.05) is 33.9 Å². The van der Waals surface area contributed by atoms with Gasteiger partial charge in [-0.15, -0.1) is 0 Å². The minimum Gasteiger partial charge on any atom is -0.369 e. The van der Waals surface area contributed by atoms with E-state index < -0.39 is 0 Å². The van der Waals surface area contributed by atoms with Crippen LogP contribution in [-0.2, 0) is 22.6 Å². The Labute approximate surface area is 154 Å². The molecule has 0 radical (unpaired) electrons. The van der Waals surface area contributed by atoms with Gasteiger partial charge in [-0.3, -0.25) is 19.1 Å². The third-order valence-corrected chi connectivity index (χ3v) is 4.58. The molecular formula is C18H28N6O2. The third kappa shape index (κ3) is 4.31. The van der Waals surface area contributed by atoms with Gasteiger partial charge in [0.1, 0.15) is 6.61 Å². The molecule has 0 saturated heterocycles. The second-order valence-electron chi connectivity index (χ2n) is 7.32. The van der Waals surface area contributed by atoms with Crippen molar-refractivity contribution in [3.8, 4) is 0 Å². The second kappa shape index (κ2) is 8.01. The van der Waals surface area contributed by atoms with E-state index in [1.54, 1.807) is 19.0 Å². The summed E-state index contributed by atoms with van der Waals surface area (Å²) >= 11 is 0. The van der Waals surface area contributed by atoms with Gasteiger partial charge in [-0.25, -0.2) is 0 Å². The Bertz CT molecular complexity index is 736. The van der Waals surface area contributed by atoms with Crippen LogP contribution in [0.25, 0.3) is 0 Å². The molecule has 8 nitrogen and oxygen atoms in total. The smallest absolute Gasteiger partial charge is 0.248 e. The molecule has 2 aromatic heterocycles. The standard InChI is InChI=1S/C18H28N6O2/c1-14(2)23-9-15(7-20-23)8-22-10-16-5-6-19-24(16)17(11-22)12-26-13-18(25)21(3)4/h5-7,9,14,17H,8,10-13H2,1-4H3/t17-/m1/s1. The van der Waals surface area contributed by atoms with Gasteiger partial charge in [0, 0.05) is 57.7 Å². The summed E-state index contributed by atoms with van der Waals surface area (Å²) in [5.41, 5.74) is 2.37. The Morgan fingerprint density at radius 1 is 1.38 bits per heavy atom. The number of aromatic nitrogens is 4.